The highest BCUT2D eigenvalue weighted by atomic mass is 16.5. The zero-order valence-electron chi connectivity index (χ0n) is 11.1. The van der Waals surface area contributed by atoms with Gasteiger partial charge in [-0.05, 0) is 19.2 Å². The number of ether oxygens (including phenoxy) is 1. The summed E-state index contributed by atoms with van der Waals surface area (Å²) < 4.78 is 5.66. The summed E-state index contributed by atoms with van der Waals surface area (Å²) in [4.78, 5) is 6.40. The van der Waals surface area contributed by atoms with Crippen LogP contribution in [-0.4, -0.2) is 42.7 Å². The van der Waals surface area contributed by atoms with Gasteiger partial charge < -0.3 is 15.4 Å². The molecule has 0 aliphatic carbocycles. The van der Waals surface area contributed by atoms with Crippen molar-refractivity contribution in [1.29, 1.82) is 0 Å². The van der Waals surface area contributed by atoms with Crippen molar-refractivity contribution >= 4 is 0 Å². The van der Waals surface area contributed by atoms with E-state index in [9.17, 15) is 0 Å². The zero-order chi connectivity index (χ0) is 13.2. The number of pyridine rings is 1. The van der Waals surface area contributed by atoms with Gasteiger partial charge in [0.2, 0.25) is 0 Å². The summed E-state index contributed by atoms with van der Waals surface area (Å²) >= 11 is 0. The van der Waals surface area contributed by atoms with Crippen molar-refractivity contribution < 1.29 is 4.74 Å². The summed E-state index contributed by atoms with van der Waals surface area (Å²) in [7, 11) is 0. The average Bonchev–Trinajstić information content (AvgIpc) is 2.42. The molecule has 0 aromatic carbocycles. The van der Waals surface area contributed by atoms with E-state index in [1.165, 1.54) is 0 Å². The fourth-order valence-corrected chi connectivity index (χ4v) is 1.55. The van der Waals surface area contributed by atoms with E-state index >= 15 is 0 Å². The first-order valence-electron chi connectivity index (χ1n) is 6.29. The summed E-state index contributed by atoms with van der Waals surface area (Å²) in [5, 5.41) is 0. The molecule has 0 fully saturated rings. The van der Waals surface area contributed by atoms with Crippen LogP contribution in [0.3, 0.4) is 0 Å². The lowest BCUT2D eigenvalue weighted by Crippen LogP contribution is -2.27. The first kappa shape index (κ1) is 14.5. The van der Waals surface area contributed by atoms with Crippen LogP contribution >= 0.6 is 0 Å². The molecule has 0 aliphatic heterocycles. The van der Waals surface area contributed by atoms with Crippen molar-refractivity contribution in [2.75, 3.05) is 32.8 Å². The largest absolute Gasteiger partial charge is 0.491 e. The molecule has 98 valence electrons. The van der Waals surface area contributed by atoms with Crippen LogP contribution < -0.4 is 10.5 Å². The second-order valence-electron chi connectivity index (χ2n) is 3.79. The number of likely N-dealkylation sites (N-methyl/N-ethyl adjacent to an activating group) is 1. The standard InChI is InChI=1S/C14H21N3O/c1-3-17(4-2)8-9-18-14-10-13(6-5-7-15)11-16-12-14/h10-12H,3-4,7-9,15H2,1-2H3. The lowest BCUT2D eigenvalue weighted by Gasteiger charge is -2.17. The van der Waals surface area contributed by atoms with Gasteiger partial charge in [0.15, 0.2) is 0 Å². The Morgan fingerprint density at radius 2 is 2.11 bits per heavy atom. The van der Waals surface area contributed by atoms with Gasteiger partial charge in [-0.25, -0.2) is 0 Å². The summed E-state index contributed by atoms with van der Waals surface area (Å²) in [5.74, 6) is 6.49. The van der Waals surface area contributed by atoms with Crippen LogP contribution in [0.2, 0.25) is 0 Å². The van der Waals surface area contributed by atoms with Gasteiger partial charge in [-0.3, -0.25) is 4.98 Å². The monoisotopic (exact) mass is 247 g/mol. The Morgan fingerprint density at radius 1 is 1.33 bits per heavy atom. The Kier molecular flexibility index (Phi) is 6.85. The van der Waals surface area contributed by atoms with Gasteiger partial charge in [-0.15, -0.1) is 0 Å². The summed E-state index contributed by atoms with van der Waals surface area (Å²) in [6.45, 7) is 8.32. The van der Waals surface area contributed by atoms with Crippen LogP contribution in [0.5, 0.6) is 5.75 Å². The third-order valence-electron chi connectivity index (χ3n) is 2.62. The molecule has 4 heteroatoms. The first-order chi connectivity index (χ1) is 8.80. The smallest absolute Gasteiger partial charge is 0.138 e. The molecule has 0 radical (unpaired) electrons. The summed E-state index contributed by atoms with van der Waals surface area (Å²) in [6.07, 6.45) is 3.41. The Labute approximate surface area is 109 Å². The Hall–Kier alpha value is -1.57. The maximum atomic E-state index is 5.66. The van der Waals surface area contributed by atoms with Crippen LogP contribution in [0.25, 0.3) is 0 Å². The number of nitrogens with two attached hydrogens (primary N) is 1. The van der Waals surface area contributed by atoms with Crippen LogP contribution in [0.4, 0.5) is 0 Å². The maximum absolute atomic E-state index is 5.66. The van der Waals surface area contributed by atoms with Crippen LogP contribution in [0, 0.1) is 11.8 Å². The normalized spacial score (nSPS) is 10.0. The van der Waals surface area contributed by atoms with Crippen molar-refractivity contribution in [1.82, 2.24) is 9.88 Å². The third-order valence-corrected chi connectivity index (χ3v) is 2.62. The minimum atomic E-state index is 0.354. The Bertz CT molecular complexity index is 405. The van der Waals surface area contributed by atoms with Crippen molar-refractivity contribution in [2.45, 2.75) is 13.8 Å². The van der Waals surface area contributed by atoms with Gasteiger partial charge in [-0.1, -0.05) is 25.7 Å². The highest BCUT2D eigenvalue weighted by molar-refractivity contribution is 5.36. The lowest BCUT2D eigenvalue weighted by atomic mass is 10.3. The van der Waals surface area contributed by atoms with Gasteiger partial charge in [0, 0.05) is 18.3 Å². The molecule has 2 N–H and O–H groups in total. The van der Waals surface area contributed by atoms with Crippen LogP contribution in [0.15, 0.2) is 18.5 Å². The fourth-order valence-electron chi connectivity index (χ4n) is 1.55. The van der Waals surface area contributed by atoms with E-state index in [4.69, 9.17) is 10.5 Å². The SMILES string of the molecule is CCN(CC)CCOc1cncc(C#CCN)c1. The number of aromatic nitrogens is 1. The Balaban J connectivity index is 2.47. The van der Waals surface area contributed by atoms with Gasteiger partial charge in [0.05, 0.1) is 12.7 Å². The van der Waals surface area contributed by atoms with Crippen LogP contribution in [0.1, 0.15) is 19.4 Å². The van der Waals surface area contributed by atoms with E-state index in [0.717, 1.165) is 30.9 Å². The molecule has 1 heterocycles. The molecule has 0 bridgehead atoms. The minimum absolute atomic E-state index is 0.354. The Morgan fingerprint density at radius 3 is 2.78 bits per heavy atom. The number of nitrogens with zero attached hydrogens (tertiary/aromatic N) is 2. The highest BCUT2D eigenvalue weighted by Gasteiger charge is 2.00. The molecule has 1 aromatic rings. The molecule has 0 saturated carbocycles. The second kappa shape index (κ2) is 8.51. The third kappa shape index (κ3) is 5.17. The molecule has 18 heavy (non-hydrogen) atoms. The number of hydrogen-bond acceptors (Lipinski definition) is 4. The molecule has 0 amide bonds. The summed E-state index contributed by atoms with van der Waals surface area (Å²) in [6, 6.07) is 1.89. The quantitative estimate of drug-likeness (QED) is 0.765. The molecule has 0 spiro atoms. The fraction of sp³-hybridized carbons (Fsp3) is 0.500. The molecule has 0 unspecified atom stereocenters. The molecule has 4 nitrogen and oxygen atoms in total. The van der Waals surface area contributed by atoms with E-state index in [-0.39, 0.29) is 0 Å². The molecule has 1 rings (SSSR count). The average molecular weight is 247 g/mol. The molecular weight excluding hydrogens is 226 g/mol. The van der Waals surface area contributed by atoms with Crippen LogP contribution in [-0.2, 0) is 0 Å². The van der Waals surface area contributed by atoms with E-state index in [0.29, 0.717) is 13.2 Å². The molecule has 0 aliphatic rings. The van der Waals surface area contributed by atoms with E-state index in [2.05, 4.69) is 35.6 Å². The van der Waals surface area contributed by atoms with Gasteiger partial charge in [-0.2, -0.15) is 0 Å². The van der Waals surface area contributed by atoms with E-state index < -0.39 is 0 Å². The number of hydrogen-bond donors (Lipinski definition) is 1. The van der Waals surface area contributed by atoms with Crippen molar-refractivity contribution in [3.05, 3.63) is 24.0 Å². The van der Waals surface area contributed by atoms with Crippen molar-refractivity contribution in [3.63, 3.8) is 0 Å². The zero-order valence-corrected chi connectivity index (χ0v) is 11.1. The minimum Gasteiger partial charge on any atom is -0.491 e. The number of rotatable bonds is 6. The van der Waals surface area contributed by atoms with Gasteiger partial charge in [0.25, 0.3) is 0 Å². The van der Waals surface area contributed by atoms with Gasteiger partial charge >= 0.3 is 0 Å². The molecule has 1 aromatic heterocycles. The predicted octanol–water partition coefficient (Wildman–Crippen LogP) is 1.11. The molecular formula is C14H21N3O. The van der Waals surface area contributed by atoms with E-state index in [1.54, 1.807) is 12.4 Å². The lowest BCUT2D eigenvalue weighted by molar-refractivity contribution is 0.222. The van der Waals surface area contributed by atoms with Gasteiger partial charge in [0.1, 0.15) is 12.4 Å². The van der Waals surface area contributed by atoms with E-state index in [1.807, 2.05) is 6.07 Å². The topological polar surface area (TPSA) is 51.4 Å². The van der Waals surface area contributed by atoms with Crippen molar-refractivity contribution in [3.8, 4) is 17.6 Å². The maximum Gasteiger partial charge on any atom is 0.138 e. The highest BCUT2D eigenvalue weighted by Crippen LogP contribution is 2.10. The molecule has 0 atom stereocenters. The first-order valence-corrected chi connectivity index (χ1v) is 6.29. The summed E-state index contributed by atoms with van der Waals surface area (Å²) in [5.41, 5.74) is 6.16. The van der Waals surface area contributed by atoms with Crippen molar-refractivity contribution in [2.24, 2.45) is 5.73 Å². The predicted molar refractivity (Wildman–Crippen MR) is 73.5 cm³/mol. The molecule has 0 saturated heterocycles. The second-order valence-corrected chi connectivity index (χ2v) is 3.79.